The molecule has 29 heavy (non-hydrogen) atoms. The number of carbonyl (C=O) groups excluding carboxylic acids is 2. The zero-order valence-electron chi connectivity index (χ0n) is 17.0. The first-order valence-corrected chi connectivity index (χ1v) is 10.5. The Morgan fingerprint density at radius 3 is 2.38 bits per heavy atom. The topological polar surface area (TPSA) is 61.4 Å². The molecule has 1 saturated heterocycles. The summed E-state index contributed by atoms with van der Waals surface area (Å²) in [5.41, 5.74) is 2.79. The van der Waals surface area contributed by atoms with E-state index in [1.165, 1.54) is 0 Å². The first-order valence-electron chi connectivity index (χ1n) is 10.1. The largest absolute Gasteiger partial charge is 0.326 e. The third-order valence-corrected chi connectivity index (χ3v) is 5.40. The van der Waals surface area contributed by atoms with Crippen LogP contribution in [0.1, 0.15) is 44.7 Å². The Morgan fingerprint density at radius 2 is 1.79 bits per heavy atom. The van der Waals surface area contributed by atoms with E-state index >= 15 is 0 Å². The fourth-order valence-corrected chi connectivity index (χ4v) is 3.75. The lowest BCUT2D eigenvalue weighted by molar-refractivity contribution is -0.117. The molecule has 1 aliphatic rings. The summed E-state index contributed by atoms with van der Waals surface area (Å²) in [5.74, 6) is 0.509. The number of halogens is 1. The number of hydrogen-bond donors (Lipinski definition) is 2. The lowest BCUT2D eigenvalue weighted by Gasteiger charge is -2.23. The number of anilines is 2. The van der Waals surface area contributed by atoms with Gasteiger partial charge >= 0.3 is 0 Å². The summed E-state index contributed by atoms with van der Waals surface area (Å²) in [7, 11) is 0. The summed E-state index contributed by atoms with van der Waals surface area (Å²) in [5, 5.41) is 7.11. The minimum atomic E-state index is -0.0406. The Morgan fingerprint density at radius 1 is 1.10 bits per heavy atom. The van der Waals surface area contributed by atoms with Crippen molar-refractivity contribution in [1.29, 1.82) is 0 Å². The summed E-state index contributed by atoms with van der Waals surface area (Å²) in [6.07, 6.45) is 1.89. The molecule has 1 unspecified atom stereocenters. The minimum absolute atomic E-state index is 0.0406. The average Bonchev–Trinajstić information content (AvgIpc) is 3.12. The second-order valence-electron chi connectivity index (χ2n) is 7.72. The van der Waals surface area contributed by atoms with Gasteiger partial charge < -0.3 is 15.5 Å². The smallest absolute Gasteiger partial charge is 0.227 e. The molecule has 2 aromatic rings. The van der Waals surface area contributed by atoms with Gasteiger partial charge in [0.1, 0.15) is 0 Å². The van der Waals surface area contributed by atoms with E-state index in [1.54, 1.807) is 4.90 Å². The molecule has 0 aliphatic carbocycles. The second kappa shape index (κ2) is 9.90. The van der Waals surface area contributed by atoms with Crippen molar-refractivity contribution < 1.29 is 9.59 Å². The first kappa shape index (κ1) is 21.3. The van der Waals surface area contributed by atoms with E-state index in [0.29, 0.717) is 25.3 Å². The maximum absolute atomic E-state index is 12.3. The fourth-order valence-electron chi connectivity index (χ4n) is 3.62. The van der Waals surface area contributed by atoms with Gasteiger partial charge in [-0.2, -0.15) is 0 Å². The van der Waals surface area contributed by atoms with Crippen molar-refractivity contribution in [3.8, 4) is 0 Å². The number of benzene rings is 2. The van der Waals surface area contributed by atoms with Crippen LogP contribution in [0.4, 0.5) is 11.4 Å². The number of hydrogen-bond acceptors (Lipinski definition) is 3. The van der Waals surface area contributed by atoms with Crippen LogP contribution in [0.3, 0.4) is 0 Å². The van der Waals surface area contributed by atoms with E-state index in [-0.39, 0.29) is 17.9 Å². The molecule has 5 nitrogen and oxygen atoms in total. The van der Waals surface area contributed by atoms with E-state index in [1.807, 2.05) is 48.5 Å². The quantitative estimate of drug-likeness (QED) is 0.654. The first-order chi connectivity index (χ1) is 13.9. The van der Waals surface area contributed by atoms with Crippen molar-refractivity contribution in [1.82, 2.24) is 5.32 Å². The fraction of sp³-hybridized carbons (Fsp3) is 0.391. The van der Waals surface area contributed by atoms with Gasteiger partial charge in [-0.05, 0) is 54.3 Å². The molecule has 1 heterocycles. The van der Waals surface area contributed by atoms with Crippen LogP contribution in [0.2, 0.25) is 5.02 Å². The second-order valence-corrected chi connectivity index (χ2v) is 8.16. The molecular formula is C23H28ClN3O2. The Hall–Kier alpha value is -2.37. The minimum Gasteiger partial charge on any atom is -0.326 e. The van der Waals surface area contributed by atoms with Crippen LogP contribution < -0.4 is 15.5 Å². The molecule has 1 aliphatic heterocycles. The SMILES string of the molecule is CC(C)C(NCCC(=O)Nc1ccc(N2CCCC2=O)cc1)c1ccc(Cl)cc1. The monoisotopic (exact) mass is 413 g/mol. The van der Waals surface area contributed by atoms with Crippen LogP contribution in [0.25, 0.3) is 0 Å². The molecule has 0 radical (unpaired) electrons. The normalized spacial score (nSPS) is 15.0. The van der Waals surface area contributed by atoms with Gasteiger partial charge in [-0.25, -0.2) is 0 Å². The van der Waals surface area contributed by atoms with Crippen molar-refractivity contribution in [2.75, 3.05) is 23.3 Å². The zero-order chi connectivity index (χ0) is 20.8. The van der Waals surface area contributed by atoms with Gasteiger partial charge in [0.25, 0.3) is 0 Å². The number of amides is 2. The highest BCUT2D eigenvalue weighted by atomic mass is 35.5. The molecule has 1 fully saturated rings. The van der Waals surface area contributed by atoms with Crippen LogP contribution >= 0.6 is 11.6 Å². The molecule has 3 rings (SSSR count). The molecule has 2 aromatic carbocycles. The number of nitrogens with one attached hydrogen (secondary N) is 2. The van der Waals surface area contributed by atoms with Gasteiger partial charge in [0.2, 0.25) is 11.8 Å². The third kappa shape index (κ3) is 5.81. The highest BCUT2D eigenvalue weighted by molar-refractivity contribution is 6.30. The Labute approximate surface area is 177 Å². The van der Waals surface area contributed by atoms with Crippen LogP contribution in [-0.4, -0.2) is 24.9 Å². The number of nitrogens with zero attached hydrogens (tertiary/aromatic N) is 1. The Balaban J connectivity index is 1.48. The highest BCUT2D eigenvalue weighted by Crippen LogP contribution is 2.24. The van der Waals surface area contributed by atoms with E-state index in [9.17, 15) is 9.59 Å². The summed E-state index contributed by atoms with van der Waals surface area (Å²) < 4.78 is 0. The molecule has 2 amide bonds. The zero-order valence-corrected chi connectivity index (χ0v) is 17.7. The molecule has 0 aromatic heterocycles. The lowest BCUT2D eigenvalue weighted by atomic mass is 9.96. The van der Waals surface area contributed by atoms with Gasteiger partial charge in [-0.3, -0.25) is 9.59 Å². The maximum atomic E-state index is 12.3. The van der Waals surface area contributed by atoms with Gasteiger partial charge in [0, 0.05) is 48.4 Å². The van der Waals surface area contributed by atoms with Gasteiger partial charge in [-0.1, -0.05) is 37.6 Å². The van der Waals surface area contributed by atoms with Crippen molar-refractivity contribution in [2.45, 2.75) is 39.2 Å². The summed E-state index contributed by atoms with van der Waals surface area (Å²) in [6, 6.07) is 15.4. The van der Waals surface area contributed by atoms with Crippen LogP contribution in [0.15, 0.2) is 48.5 Å². The number of rotatable bonds is 8. The number of carbonyl (C=O) groups is 2. The molecular weight excluding hydrogens is 386 g/mol. The molecule has 0 spiro atoms. The van der Waals surface area contributed by atoms with Crippen molar-refractivity contribution in [3.05, 3.63) is 59.1 Å². The van der Waals surface area contributed by atoms with Crippen LogP contribution in [-0.2, 0) is 9.59 Å². The van der Waals surface area contributed by atoms with Crippen LogP contribution in [0.5, 0.6) is 0 Å². The van der Waals surface area contributed by atoms with E-state index < -0.39 is 0 Å². The van der Waals surface area contributed by atoms with Crippen LogP contribution in [0, 0.1) is 5.92 Å². The molecule has 0 bridgehead atoms. The Kier molecular flexibility index (Phi) is 7.29. The van der Waals surface area contributed by atoms with Gasteiger partial charge in [0.05, 0.1) is 0 Å². The lowest BCUT2D eigenvalue weighted by Crippen LogP contribution is -2.29. The van der Waals surface area contributed by atoms with E-state index in [2.05, 4.69) is 24.5 Å². The summed E-state index contributed by atoms with van der Waals surface area (Å²) in [4.78, 5) is 25.9. The van der Waals surface area contributed by atoms with Gasteiger partial charge in [0.15, 0.2) is 0 Å². The van der Waals surface area contributed by atoms with E-state index in [4.69, 9.17) is 11.6 Å². The molecule has 2 N–H and O–H groups in total. The predicted molar refractivity (Wildman–Crippen MR) is 118 cm³/mol. The highest BCUT2D eigenvalue weighted by Gasteiger charge is 2.21. The molecule has 154 valence electrons. The summed E-state index contributed by atoms with van der Waals surface area (Å²) in [6.45, 7) is 5.65. The van der Waals surface area contributed by atoms with Crippen molar-refractivity contribution in [2.24, 2.45) is 5.92 Å². The van der Waals surface area contributed by atoms with Gasteiger partial charge in [-0.15, -0.1) is 0 Å². The average molecular weight is 414 g/mol. The molecule has 0 saturated carbocycles. The summed E-state index contributed by atoms with van der Waals surface area (Å²) >= 11 is 5.98. The van der Waals surface area contributed by atoms with Crippen molar-refractivity contribution in [3.63, 3.8) is 0 Å². The van der Waals surface area contributed by atoms with E-state index in [0.717, 1.165) is 34.9 Å². The third-order valence-electron chi connectivity index (χ3n) is 5.15. The maximum Gasteiger partial charge on any atom is 0.227 e. The predicted octanol–water partition coefficient (Wildman–Crippen LogP) is 4.78. The standard InChI is InChI=1S/C23H28ClN3O2/c1-16(2)23(17-5-7-18(24)8-6-17)25-14-13-21(28)26-19-9-11-20(12-10-19)27-15-3-4-22(27)29/h5-12,16,23,25H,3-4,13-15H2,1-2H3,(H,26,28). The van der Waals surface area contributed by atoms with Crippen molar-refractivity contribution >= 4 is 34.8 Å². The Bertz CT molecular complexity index is 834. The molecule has 1 atom stereocenters. The molecule has 6 heteroatoms.